The molecule has 0 radical (unpaired) electrons. The van der Waals surface area contributed by atoms with Crippen molar-refractivity contribution in [2.45, 2.75) is 45.6 Å². The van der Waals surface area contributed by atoms with Crippen molar-refractivity contribution in [1.29, 1.82) is 0 Å². The molecule has 1 amide bonds. The minimum atomic E-state index is -3.62. The minimum absolute atomic E-state index is 0.0255. The van der Waals surface area contributed by atoms with Gasteiger partial charge in [0.2, 0.25) is 15.9 Å². The zero-order chi connectivity index (χ0) is 23.9. The highest BCUT2D eigenvalue weighted by Crippen LogP contribution is 2.23. The maximum atomic E-state index is 12.8. The number of ether oxygens (including phenoxy) is 1. The molecule has 0 bridgehead atoms. The van der Waals surface area contributed by atoms with Crippen LogP contribution >= 0.6 is 0 Å². The van der Waals surface area contributed by atoms with E-state index in [-0.39, 0.29) is 23.5 Å². The molecule has 0 fully saturated rings. The quantitative estimate of drug-likeness (QED) is 0.524. The molecular formula is C23H31N3O5S. The molecule has 2 aromatic carbocycles. The lowest BCUT2D eigenvalue weighted by molar-refractivity contribution is -0.114. The van der Waals surface area contributed by atoms with Crippen LogP contribution < -0.4 is 10.6 Å². The second kappa shape index (κ2) is 11.1. The Balaban J connectivity index is 2.03. The molecule has 0 unspecified atom stereocenters. The maximum Gasteiger partial charge on any atom is 0.338 e. The third-order valence-electron chi connectivity index (χ3n) is 4.74. The zero-order valence-electron chi connectivity index (χ0n) is 19.1. The summed E-state index contributed by atoms with van der Waals surface area (Å²) in [6.45, 7) is 9.63. The Hall–Kier alpha value is -2.91. The Kier molecular flexibility index (Phi) is 8.80. The van der Waals surface area contributed by atoms with E-state index >= 15 is 0 Å². The Morgan fingerprint density at radius 2 is 1.66 bits per heavy atom. The van der Waals surface area contributed by atoms with Gasteiger partial charge >= 0.3 is 5.97 Å². The fourth-order valence-corrected chi connectivity index (χ4v) is 4.48. The Morgan fingerprint density at radius 3 is 2.22 bits per heavy atom. The molecule has 0 aliphatic rings. The molecule has 174 valence electrons. The molecule has 9 heteroatoms. The van der Waals surface area contributed by atoms with Gasteiger partial charge in [-0.05, 0) is 62.7 Å². The summed E-state index contributed by atoms with van der Waals surface area (Å²) in [5, 5.41) is 5.74. The first kappa shape index (κ1) is 25.4. The number of benzene rings is 2. The van der Waals surface area contributed by atoms with Crippen LogP contribution in [0.1, 0.15) is 43.6 Å². The number of hydrogen-bond donors (Lipinski definition) is 2. The van der Waals surface area contributed by atoms with E-state index in [0.29, 0.717) is 30.0 Å². The van der Waals surface area contributed by atoms with Crippen molar-refractivity contribution in [2.24, 2.45) is 0 Å². The molecule has 2 aromatic rings. The van der Waals surface area contributed by atoms with Crippen molar-refractivity contribution in [3.8, 4) is 0 Å². The van der Waals surface area contributed by atoms with Gasteiger partial charge in [0.05, 0.1) is 23.1 Å². The number of carbonyl (C=O) groups excluding carboxylic acids is 2. The topological polar surface area (TPSA) is 105 Å². The highest BCUT2D eigenvalue weighted by molar-refractivity contribution is 7.89. The number of rotatable bonds is 10. The van der Waals surface area contributed by atoms with Gasteiger partial charge in [0.1, 0.15) is 0 Å². The fraction of sp³-hybridized carbons (Fsp3) is 0.391. The average molecular weight is 462 g/mol. The van der Waals surface area contributed by atoms with Crippen LogP contribution in [0.3, 0.4) is 0 Å². The number of hydrogen-bond acceptors (Lipinski definition) is 6. The molecule has 0 heterocycles. The fourth-order valence-electron chi connectivity index (χ4n) is 2.99. The van der Waals surface area contributed by atoms with E-state index in [1.165, 1.54) is 10.4 Å². The van der Waals surface area contributed by atoms with Gasteiger partial charge in [-0.25, -0.2) is 13.2 Å². The van der Waals surface area contributed by atoms with Crippen LogP contribution in [-0.2, 0) is 19.6 Å². The van der Waals surface area contributed by atoms with Gasteiger partial charge in [0, 0.05) is 24.5 Å². The van der Waals surface area contributed by atoms with Gasteiger partial charge in [-0.1, -0.05) is 19.9 Å². The highest BCUT2D eigenvalue weighted by Gasteiger charge is 2.22. The summed E-state index contributed by atoms with van der Waals surface area (Å²) in [4.78, 5) is 24.5. The third kappa shape index (κ3) is 6.54. The summed E-state index contributed by atoms with van der Waals surface area (Å²) >= 11 is 0. The largest absolute Gasteiger partial charge is 0.459 e. The Labute approximate surface area is 190 Å². The average Bonchev–Trinajstić information content (AvgIpc) is 2.74. The first-order valence-corrected chi connectivity index (χ1v) is 12.0. The number of anilines is 2. The minimum Gasteiger partial charge on any atom is -0.459 e. The van der Waals surface area contributed by atoms with E-state index in [1.807, 2.05) is 0 Å². The van der Waals surface area contributed by atoms with Gasteiger partial charge in [0.25, 0.3) is 0 Å². The maximum absolute atomic E-state index is 12.8. The van der Waals surface area contributed by atoms with Crippen LogP contribution in [0.2, 0.25) is 0 Å². The lowest BCUT2D eigenvalue weighted by atomic mass is 10.2. The number of esters is 1. The van der Waals surface area contributed by atoms with E-state index in [1.54, 1.807) is 71.0 Å². The normalized spacial score (nSPS) is 11.5. The number of aryl methyl sites for hydroxylation is 1. The van der Waals surface area contributed by atoms with Crippen LogP contribution in [-0.4, -0.2) is 50.3 Å². The summed E-state index contributed by atoms with van der Waals surface area (Å²) in [7, 11) is -3.62. The van der Waals surface area contributed by atoms with Crippen molar-refractivity contribution in [3.63, 3.8) is 0 Å². The van der Waals surface area contributed by atoms with E-state index < -0.39 is 16.0 Å². The lowest BCUT2D eigenvalue weighted by Crippen LogP contribution is -2.30. The van der Waals surface area contributed by atoms with Crippen LogP contribution in [0.5, 0.6) is 0 Å². The number of amides is 1. The predicted molar refractivity (Wildman–Crippen MR) is 125 cm³/mol. The molecule has 0 saturated carbocycles. The Morgan fingerprint density at radius 1 is 1.03 bits per heavy atom. The van der Waals surface area contributed by atoms with Crippen LogP contribution in [0.4, 0.5) is 11.4 Å². The third-order valence-corrected chi connectivity index (χ3v) is 6.79. The van der Waals surface area contributed by atoms with Crippen LogP contribution in [0.25, 0.3) is 0 Å². The first-order valence-electron chi connectivity index (χ1n) is 10.5. The molecule has 0 aliphatic heterocycles. The number of sulfonamides is 1. The molecule has 2 rings (SSSR count). The van der Waals surface area contributed by atoms with Crippen LogP contribution in [0, 0.1) is 6.92 Å². The van der Waals surface area contributed by atoms with E-state index in [4.69, 9.17) is 4.74 Å². The summed E-state index contributed by atoms with van der Waals surface area (Å²) in [6.07, 6.45) is -0.201. The highest BCUT2D eigenvalue weighted by atomic mass is 32.2. The molecule has 0 aliphatic carbocycles. The molecule has 0 saturated heterocycles. The summed E-state index contributed by atoms with van der Waals surface area (Å²) in [6, 6.07) is 11.3. The SMILES string of the molecule is CCN(CC)S(=O)(=O)c1ccc(C)c(NC(=O)CNc2ccc(C(=O)OC(C)C)cc2)c1. The Bertz CT molecular complexity index is 1050. The molecule has 0 spiro atoms. The second-order valence-electron chi connectivity index (χ2n) is 7.50. The van der Waals surface area contributed by atoms with Gasteiger partial charge in [-0.3, -0.25) is 4.79 Å². The molecule has 8 nitrogen and oxygen atoms in total. The standard InChI is InChI=1S/C23H31N3O5S/c1-6-26(7-2)32(29,30)20-13-8-17(5)21(14-20)25-22(27)15-24-19-11-9-18(10-12-19)23(28)31-16(3)4/h8-14,16,24H,6-7,15H2,1-5H3,(H,25,27). The van der Waals surface area contributed by atoms with Gasteiger partial charge in [-0.2, -0.15) is 4.31 Å². The predicted octanol–water partition coefficient (Wildman–Crippen LogP) is 3.64. The summed E-state index contributed by atoms with van der Waals surface area (Å²) in [5.74, 6) is -0.729. The smallest absolute Gasteiger partial charge is 0.338 e. The van der Waals surface area contributed by atoms with E-state index in [9.17, 15) is 18.0 Å². The van der Waals surface area contributed by atoms with Crippen molar-refractivity contribution < 1.29 is 22.7 Å². The number of carbonyl (C=O) groups is 2. The molecule has 0 aromatic heterocycles. The van der Waals surface area contributed by atoms with E-state index in [0.717, 1.165) is 5.56 Å². The van der Waals surface area contributed by atoms with Gasteiger partial charge in [0.15, 0.2) is 0 Å². The van der Waals surface area contributed by atoms with Crippen molar-refractivity contribution in [2.75, 3.05) is 30.3 Å². The van der Waals surface area contributed by atoms with Gasteiger partial charge < -0.3 is 15.4 Å². The van der Waals surface area contributed by atoms with E-state index in [2.05, 4.69) is 10.6 Å². The van der Waals surface area contributed by atoms with Gasteiger partial charge in [-0.15, -0.1) is 0 Å². The first-order chi connectivity index (χ1) is 15.1. The summed E-state index contributed by atoms with van der Waals surface area (Å²) < 4.78 is 32.0. The zero-order valence-corrected chi connectivity index (χ0v) is 20.0. The summed E-state index contributed by atoms with van der Waals surface area (Å²) in [5.41, 5.74) is 2.29. The molecular weight excluding hydrogens is 430 g/mol. The monoisotopic (exact) mass is 461 g/mol. The van der Waals surface area contributed by atoms with Crippen molar-refractivity contribution in [3.05, 3.63) is 53.6 Å². The molecule has 0 atom stereocenters. The number of nitrogens with zero attached hydrogens (tertiary/aromatic N) is 1. The lowest BCUT2D eigenvalue weighted by Gasteiger charge is -2.19. The van der Waals surface area contributed by atoms with Crippen molar-refractivity contribution in [1.82, 2.24) is 4.31 Å². The second-order valence-corrected chi connectivity index (χ2v) is 9.44. The van der Waals surface area contributed by atoms with Crippen LogP contribution in [0.15, 0.2) is 47.4 Å². The number of nitrogens with one attached hydrogen (secondary N) is 2. The molecule has 2 N–H and O–H groups in total. The van der Waals surface area contributed by atoms with Crippen molar-refractivity contribution >= 4 is 33.3 Å². The molecule has 32 heavy (non-hydrogen) atoms.